The van der Waals surface area contributed by atoms with Crippen LogP contribution in [0, 0.1) is 6.92 Å². The Morgan fingerprint density at radius 1 is 1.14 bits per heavy atom. The first kappa shape index (κ1) is 16.7. The van der Waals surface area contributed by atoms with E-state index in [2.05, 4.69) is 50.8 Å². The Bertz CT molecular complexity index is 1140. The van der Waals surface area contributed by atoms with Gasteiger partial charge in [-0.3, -0.25) is 5.10 Å². The van der Waals surface area contributed by atoms with Crippen molar-refractivity contribution in [3.05, 3.63) is 42.6 Å². The van der Waals surface area contributed by atoms with Gasteiger partial charge in [0.15, 0.2) is 5.82 Å². The zero-order valence-corrected chi connectivity index (χ0v) is 16.0. The van der Waals surface area contributed by atoms with Crippen LogP contribution in [0.15, 0.2) is 36.8 Å². The standard InChI is InChI=1S/C20H21N7O/c1-12(2)27-20(23-13(3)25-27)17-11-26-6-7-28-18-8-14(15-9-21-22-10-15)4-5-16(18)19(26)24-17/h4-5,8-12H,6-7H2,1-3H3,(H,21,22). The Hall–Kier alpha value is -3.42. The molecule has 0 aliphatic carbocycles. The molecular formula is C20H21N7O. The molecule has 1 aromatic carbocycles. The second-order valence-electron chi connectivity index (χ2n) is 7.21. The maximum Gasteiger partial charge on any atom is 0.178 e. The van der Waals surface area contributed by atoms with Crippen LogP contribution in [-0.4, -0.2) is 41.1 Å². The number of hydrogen-bond donors (Lipinski definition) is 1. The average molecular weight is 375 g/mol. The molecule has 0 radical (unpaired) electrons. The zero-order chi connectivity index (χ0) is 19.3. The highest BCUT2D eigenvalue weighted by molar-refractivity contribution is 5.74. The normalized spacial score (nSPS) is 13.1. The van der Waals surface area contributed by atoms with Gasteiger partial charge in [-0.05, 0) is 38.5 Å². The van der Waals surface area contributed by atoms with Gasteiger partial charge in [0.25, 0.3) is 0 Å². The number of aromatic amines is 1. The molecule has 1 N–H and O–H groups in total. The summed E-state index contributed by atoms with van der Waals surface area (Å²) in [5.74, 6) is 3.26. The third kappa shape index (κ3) is 2.69. The monoisotopic (exact) mass is 375 g/mol. The first-order valence-corrected chi connectivity index (χ1v) is 9.37. The lowest BCUT2D eigenvalue weighted by Gasteiger charge is -2.09. The smallest absolute Gasteiger partial charge is 0.178 e. The van der Waals surface area contributed by atoms with Crippen molar-refractivity contribution in [3.8, 4) is 39.8 Å². The fourth-order valence-corrected chi connectivity index (χ4v) is 3.54. The van der Waals surface area contributed by atoms with E-state index >= 15 is 0 Å². The third-order valence-corrected chi connectivity index (χ3v) is 4.88. The predicted molar refractivity (Wildman–Crippen MR) is 105 cm³/mol. The predicted octanol–water partition coefficient (Wildman–Crippen LogP) is 3.48. The largest absolute Gasteiger partial charge is 0.491 e. The minimum Gasteiger partial charge on any atom is -0.491 e. The number of fused-ring (bicyclic) bond motifs is 3. The number of aromatic nitrogens is 7. The van der Waals surface area contributed by atoms with Crippen LogP contribution < -0.4 is 4.74 Å². The first-order chi connectivity index (χ1) is 13.6. The number of rotatable bonds is 3. The lowest BCUT2D eigenvalue weighted by Crippen LogP contribution is -2.06. The van der Waals surface area contributed by atoms with Crippen molar-refractivity contribution in [1.29, 1.82) is 0 Å². The van der Waals surface area contributed by atoms with Crippen LogP contribution >= 0.6 is 0 Å². The van der Waals surface area contributed by atoms with Gasteiger partial charge in [-0.25, -0.2) is 14.6 Å². The average Bonchev–Trinajstić information content (AvgIpc) is 3.39. The third-order valence-electron chi connectivity index (χ3n) is 4.88. The second-order valence-corrected chi connectivity index (χ2v) is 7.21. The van der Waals surface area contributed by atoms with E-state index in [4.69, 9.17) is 9.72 Å². The number of nitrogens with zero attached hydrogens (tertiary/aromatic N) is 6. The number of aryl methyl sites for hydroxylation is 1. The molecule has 0 unspecified atom stereocenters. The van der Waals surface area contributed by atoms with Crippen molar-refractivity contribution in [2.45, 2.75) is 33.4 Å². The van der Waals surface area contributed by atoms with E-state index in [9.17, 15) is 0 Å². The van der Waals surface area contributed by atoms with Crippen LogP contribution in [0.5, 0.6) is 5.75 Å². The molecule has 3 aromatic heterocycles. The molecular weight excluding hydrogens is 354 g/mol. The van der Waals surface area contributed by atoms with Gasteiger partial charge < -0.3 is 9.30 Å². The molecule has 0 saturated carbocycles. The van der Waals surface area contributed by atoms with Gasteiger partial charge in [-0.2, -0.15) is 10.2 Å². The summed E-state index contributed by atoms with van der Waals surface area (Å²) in [6, 6.07) is 6.39. The summed E-state index contributed by atoms with van der Waals surface area (Å²) in [7, 11) is 0. The van der Waals surface area contributed by atoms with Gasteiger partial charge in [0.05, 0.1) is 18.3 Å². The number of ether oxygens (including phenoxy) is 1. The second kappa shape index (κ2) is 6.33. The Morgan fingerprint density at radius 2 is 2.04 bits per heavy atom. The van der Waals surface area contributed by atoms with Gasteiger partial charge >= 0.3 is 0 Å². The molecule has 1 aliphatic rings. The van der Waals surface area contributed by atoms with Crippen molar-refractivity contribution >= 4 is 0 Å². The first-order valence-electron chi connectivity index (χ1n) is 9.37. The molecule has 0 atom stereocenters. The van der Waals surface area contributed by atoms with Gasteiger partial charge in [0, 0.05) is 24.0 Å². The molecule has 0 amide bonds. The molecule has 0 bridgehead atoms. The highest BCUT2D eigenvalue weighted by atomic mass is 16.5. The van der Waals surface area contributed by atoms with E-state index in [1.54, 1.807) is 6.20 Å². The van der Waals surface area contributed by atoms with Crippen molar-refractivity contribution < 1.29 is 4.74 Å². The maximum atomic E-state index is 6.02. The number of hydrogen-bond acceptors (Lipinski definition) is 5. The molecule has 5 rings (SSSR count). The Morgan fingerprint density at radius 3 is 2.82 bits per heavy atom. The van der Waals surface area contributed by atoms with E-state index in [1.807, 2.05) is 30.1 Å². The number of H-pyrrole nitrogens is 1. The van der Waals surface area contributed by atoms with E-state index in [0.29, 0.717) is 6.61 Å². The number of benzene rings is 1. The molecule has 0 saturated heterocycles. The molecule has 8 heteroatoms. The van der Waals surface area contributed by atoms with Crippen molar-refractivity contribution in [1.82, 2.24) is 34.5 Å². The quantitative estimate of drug-likeness (QED) is 0.592. The van der Waals surface area contributed by atoms with E-state index in [1.165, 1.54) is 0 Å². The van der Waals surface area contributed by atoms with Crippen LogP contribution in [0.25, 0.3) is 34.0 Å². The van der Waals surface area contributed by atoms with Crippen LogP contribution in [0.3, 0.4) is 0 Å². The molecule has 28 heavy (non-hydrogen) atoms. The fraction of sp³-hybridized carbons (Fsp3) is 0.300. The zero-order valence-electron chi connectivity index (χ0n) is 16.0. The number of imidazole rings is 1. The van der Waals surface area contributed by atoms with E-state index in [-0.39, 0.29) is 6.04 Å². The highest BCUT2D eigenvalue weighted by Crippen LogP contribution is 2.36. The number of nitrogens with one attached hydrogen (secondary N) is 1. The Labute approximate surface area is 162 Å². The lowest BCUT2D eigenvalue weighted by molar-refractivity contribution is 0.307. The van der Waals surface area contributed by atoms with Gasteiger partial charge in [0.2, 0.25) is 0 Å². The summed E-state index contributed by atoms with van der Waals surface area (Å²) in [4.78, 5) is 9.52. The molecule has 4 heterocycles. The minimum absolute atomic E-state index is 0.214. The lowest BCUT2D eigenvalue weighted by atomic mass is 10.1. The maximum absolute atomic E-state index is 6.02. The Kier molecular flexibility index (Phi) is 3.78. The molecule has 0 spiro atoms. The summed E-state index contributed by atoms with van der Waals surface area (Å²) in [6.45, 7) is 7.41. The summed E-state index contributed by atoms with van der Waals surface area (Å²) in [5.41, 5.74) is 3.89. The topological polar surface area (TPSA) is 86.4 Å². The highest BCUT2D eigenvalue weighted by Gasteiger charge is 2.22. The minimum atomic E-state index is 0.214. The summed E-state index contributed by atoms with van der Waals surface area (Å²) in [6.07, 6.45) is 5.72. The van der Waals surface area contributed by atoms with Crippen LogP contribution in [0.1, 0.15) is 25.7 Å². The molecule has 1 aliphatic heterocycles. The van der Waals surface area contributed by atoms with Gasteiger partial charge in [-0.1, -0.05) is 6.07 Å². The Balaban J connectivity index is 1.61. The van der Waals surface area contributed by atoms with Gasteiger partial charge in [0.1, 0.15) is 29.7 Å². The molecule has 8 nitrogen and oxygen atoms in total. The SMILES string of the molecule is Cc1nc(-c2cn3c(n2)-c2ccc(-c4cn[nH]c4)cc2OCC3)n(C(C)C)n1. The van der Waals surface area contributed by atoms with Crippen LogP contribution in [0.2, 0.25) is 0 Å². The summed E-state index contributed by atoms with van der Waals surface area (Å²) < 4.78 is 10.1. The molecule has 0 fully saturated rings. The summed E-state index contributed by atoms with van der Waals surface area (Å²) >= 11 is 0. The van der Waals surface area contributed by atoms with Crippen LogP contribution in [0.4, 0.5) is 0 Å². The van der Waals surface area contributed by atoms with Gasteiger partial charge in [-0.15, -0.1) is 0 Å². The van der Waals surface area contributed by atoms with Crippen molar-refractivity contribution in [2.24, 2.45) is 0 Å². The van der Waals surface area contributed by atoms with Crippen LogP contribution in [-0.2, 0) is 6.54 Å². The van der Waals surface area contributed by atoms with Crippen molar-refractivity contribution in [3.63, 3.8) is 0 Å². The molecule has 142 valence electrons. The fourth-order valence-electron chi connectivity index (χ4n) is 3.54. The summed E-state index contributed by atoms with van der Waals surface area (Å²) in [5, 5.41) is 11.4. The van der Waals surface area contributed by atoms with E-state index in [0.717, 1.165) is 52.2 Å². The van der Waals surface area contributed by atoms with E-state index < -0.39 is 0 Å². The molecule has 4 aromatic rings. The van der Waals surface area contributed by atoms with Crippen molar-refractivity contribution in [2.75, 3.05) is 6.61 Å².